The average Bonchev–Trinajstić information content (AvgIpc) is 2.34. The maximum absolute atomic E-state index is 5.55. The zero-order chi connectivity index (χ0) is 12.3. The third kappa shape index (κ3) is 3.08. The molecule has 1 heterocycles. The van der Waals surface area contributed by atoms with Crippen molar-refractivity contribution >= 4 is 11.8 Å². The molecule has 2 nitrogen and oxygen atoms in total. The molecule has 0 saturated heterocycles. The van der Waals surface area contributed by atoms with Gasteiger partial charge in [0, 0.05) is 17.6 Å². The molecule has 2 rings (SSSR count). The van der Waals surface area contributed by atoms with Gasteiger partial charge in [0.2, 0.25) is 0 Å². The number of nitrogens with zero attached hydrogens (tertiary/aromatic N) is 1. The molecule has 0 aliphatic carbocycles. The highest BCUT2D eigenvalue weighted by atomic mass is 32.2. The monoisotopic (exact) mass is 244 g/mol. The van der Waals surface area contributed by atoms with Gasteiger partial charge < -0.3 is 5.73 Å². The number of pyridine rings is 1. The molecular formula is C14H16N2S. The van der Waals surface area contributed by atoms with Crippen LogP contribution in [0.2, 0.25) is 0 Å². The van der Waals surface area contributed by atoms with Crippen molar-refractivity contribution in [3.63, 3.8) is 0 Å². The van der Waals surface area contributed by atoms with Crippen molar-refractivity contribution < 1.29 is 0 Å². The molecule has 0 saturated carbocycles. The molecule has 0 aliphatic heterocycles. The first-order valence-corrected chi connectivity index (χ1v) is 6.41. The van der Waals surface area contributed by atoms with Crippen molar-refractivity contribution in [2.45, 2.75) is 30.3 Å². The van der Waals surface area contributed by atoms with Crippen molar-refractivity contribution in [2.24, 2.45) is 5.73 Å². The van der Waals surface area contributed by atoms with Gasteiger partial charge in [-0.15, -0.1) is 0 Å². The number of aromatic nitrogens is 1. The Bertz CT molecular complexity index is 506. The summed E-state index contributed by atoms with van der Waals surface area (Å²) in [7, 11) is 0. The van der Waals surface area contributed by atoms with Crippen LogP contribution in [-0.4, -0.2) is 4.98 Å². The van der Waals surface area contributed by atoms with E-state index in [4.69, 9.17) is 5.73 Å². The lowest BCUT2D eigenvalue weighted by Crippen LogP contribution is -1.96. The predicted octanol–water partition coefficient (Wildman–Crippen LogP) is 3.31. The van der Waals surface area contributed by atoms with Gasteiger partial charge in [0.15, 0.2) is 0 Å². The number of aryl methyl sites for hydroxylation is 2. The second-order valence-electron chi connectivity index (χ2n) is 4.08. The lowest BCUT2D eigenvalue weighted by molar-refractivity contribution is 1.01. The van der Waals surface area contributed by atoms with E-state index in [-0.39, 0.29) is 0 Å². The lowest BCUT2D eigenvalue weighted by atomic mass is 10.2. The highest BCUT2D eigenvalue weighted by Crippen LogP contribution is 2.29. The van der Waals surface area contributed by atoms with Crippen LogP contribution in [0.4, 0.5) is 0 Å². The Morgan fingerprint density at radius 1 is 1.18 bits per heavy atom. The first kappa shape index (κ1) is 12.1. The molecule has 0 amide bonds. The highest BCUT2D eigenvalue weighted by molar-refractivity contribution is 7.99. The second kappa shape index (κ2) is 5.34. The Hall–Kier alpha value is -1.32. The Labute approximate surface area is 106 Å². The molecule has 0 radical (unpaired) electrons. The van der Waals surface area contributed by atoms with E-state index in [1.54, 1.807) is 11.8 Å². The van der Waals surface area contributed by atoms with Crippen LogP contribution in [0.1, 0.15) is 16.7 Å². The molecule has 1 aromatic carbocycles. The molecule has 0 spiro atoms. The molecule has 0 atom stereocenters. The molecule has 0 unspecified atom stereocenters. The highest BCUT2D eigenvalue weighted by Gasteiger charge is 2.02. The SMILES string of the molecule is Cc1ccc(Sc2ccc(CN)cn2)c(C)c1. The number of hydrogen-bond acceptors (Lipinski definition) is 3. The smallest absolute Gasteiger partial charge is 0.101 e. The quantitative estimate of drug-likeness (QED) is 0.900. The molecule has 2 N–H and O–H groups in total. The van der Waals surface area contributed by atoms with E-state index in [0.29, 0.717) is 6.54 Å². The summed E-state index contributed by atoms with van der Waals surface area (Å²) in [6, 6.07) is 10.5. The first-order valence-electron chi connectivity index (χ1n) is 5.59. The third-order valence-electron chi connectivity index (χ3n) is 2.58. The molecule has 2 aromatic rings. The molecule has 3 heteroatoms. The normalized spacial score (nSPS) is 10.5. The largest absolute Gasteiger partial charge is 0.326 e. The molecule has 17 heavy (non-hydrogen) atoms. The summed E-state index contributed by atoms with van der Waals surface area (Å²) in [6.45, 7) is 4.78. The number of nitrogens with two attached hydrogens (primary N) is 1. The summed E-state index contributed by atoms with van der Waals surface area (Å²) < 4.78 is 0. The van der Waals surface area contributed by atoms with Gasteiger partial charge in [-0.1, -0.05) is 35.5 Å². The minimum Gasteiger partial charge on any atom is -0.326 e. The predicted molar refractivity (Wildman–Crippen MR) is 72.2 cm³/mol. The van der Waals surface area contributed by atoms with Gasteiger partial charge >= 0.3 is 0 Å². The van der Waals surface area contributed by atoms with Crippen molar-refractivity contribution in [1.29, 1.82) is 0 Å². The minimum atomic E-state index is 0.543. The average molecular weight is 244 g/mol. The Balaban J connectivity index is 2.19. The van der Waals surface area contributed by atoms with Crippen LogP contribution in [0.5, 0.6) is 0 Å². The molecule has 1 aromatic heterocycles. The molecule has 0 bridgehead atoms. The van der Waals surface area contributed by atoms with E-state index >= 15 is 0 Å². The van der Waals surface area contributed by atoms with Crippen molar-refractivity contribution in [2.75, 3.05) is 0 Å². The maximum atomic E-state index is 5.55. The van der Waals surface area contributed by atoms with E-state index < -0.39 is 0 Å². The van der Waals surface area contributed by atoms with Gasteiger partial charge in [-0.3, -0.25) is 0 Å². The Morgan fingerprint density at radius 3 is 2.59 bits per heavy atom. The number of benzene rings is 1. The van der Waals surface area contributed by atoms with E-state index in [1.807, 2.05) is 18.3 Å². The topological polar surface area (TPSA) is 38.9 Å². The van der Waals surface area contributed by atoms with Gasteiger partial charge in [-0.2, -0.15) is 0 Å². The van der Waals surface area contributed by atoms with Gasteiger partial charge in [-0.05, 0) is 37.1 Å². The molecule has 88 valence electrons. The summed E-state index contributed by atoms with van der Waals surface area (Å²) in [4.78, 5) is 5.64. The van der Waals surface area contributed by atoms with Crippen LogP contribution in [0.3, 0.4) is 0 Å². The molecular weight excluding hydrogens is 228 g/mol. The Kier molecular flexibility index (Phi) is 3.82. The van der Waals surface area contributed by atoms with Crippen LogP contribution in [0.25, 0.3) is 0 Å². The van der Waals surface area contributed by atoms with Gasteiger partial charge in [0.25, 0.3) is 0 Å². The summed E-state index contributed by atoms with van der Waals surface area (Å²) in [5, 5.41) is 1.01. The van der Waals surface area contributed by atoms with Crippen molar-refractivity contribution in [3.8, 4) is 0 Å². The van der Waals surface area contributed by atoms with Gasteiger partial charge in [-0.25, -0.2) is 4.98 Å². The van der Waals surface area contributed by atoms with Crippen molar-refractivity contribution in [1.82, 2.24) is 4.98 Å². The fourth-order valence-corrected chi connectivity index (χ4v) is 2.44. The fraction of sp³-hybridized carbons (Fsp3) is 0.214. The van der Waals surface area contributed by atoms with E-state index in [0.717, 1.165) is 10.6 Å². The van der Waals surface area contributed by atoms with Crippen LogP contribution in [0.15, 0.2) is 46.5 Å². The van der Waals surface area contributed by atoms with E-state index in [1.165, 1.54) is 16.0 Å². The summed E-state index contributed by atoms with van der Waals surface area (Å²) in [5.74, 6) is 0. The lowest BCUT2D eigenvalue weighted by Gasteiger charge is -2.06. The van der Waals surface area contributed by atoms with Crippen molar-refractivity contribution in [3.05, 3.63) is 53.2 Å². The summed E-state index contributed by atoms with van der Waals surface area (Å²) >= 11 is 1.69. The summed E-state index contributed by atoms with van der Waals surface area (Å²) in [6.07, 6.45) is 1.84. The fourth-order valence-electron chi connectivity index (χ4n) is 1.62. The van der Waals surface area contributed by atoms with Gasteiger partial charge in [0.1, 0.15) is 5.03 Å². The van der Waals surface area contributed by atoms with Crippen LogP contribution in [0, 0.1) is 13.8 Å². The van der Waals surface area contributed by atoms with E-state index in [9.17, 15) is 0 Å². The standard InChI is InChI=1S/C14H16N2S/c1-10-3-5-13(11(2)7-10)17-14-6-4-12(8-15)9-16-14/h3-7,9H,8,15H2,1-2H3. The first-order chi connectivity index (χ1) is 8.19. The number of hydrogen-bond donors (Lipinski definition) is 1. The third-order valence-corrected chi connectivity index (χ3v) is 3.71. The second-order valence-corrected chi connectivity index (χ2v) is 5.14. The summed E-state index contributed by atoms with van der Waals surface area (Å²) in [5.41, 5.74) is 9.19. The van der Waals surface area contributed by atoms with Crippen LogP contribution >= 0.6 is 11.8 Å². The zero-order valence-electron chi connectivity index (χ0n) is 10.1. The van der Waals surface area contributed by atoms with Gasteiger partial charge in [0.05, 0.1) is 0 Å². The Morgan fingerprint density at radius 2 is 2.00 bits per heavy atom. The molecule has 0 fully saturated rings. The van der Waals surface area contributed by atoms with Crippen LogP contribution < -0.4 is 5.73 Å². The van der Waals surface area contributed by atoms with Crippen LogP contribution in [-0.2, 0) is 6.54 Å². The van der Waals surface area contributed by atoms with E-state index in [2.05, 4.69) is 37.0 Å². The molecule has 0 aliphatic rings. The minimum absolute atomic E-state index is 0.543. The maximum Gasteiger partial charge on any atom is 0.101 e. The zero-order valence-corrected chi connectivity index (χ0v) is 10.9. The number of rotatable bonds is 3.